The van der Waals surface area contributed by atoms with E-state index in [0.29, 0.717) is 13.1 Å². The summed E-state index contributed by atoms with van der Waals surface area (Å²) >= 11 is 0. The van der Waals surface area contributed by atoms with Gasteiger partial charge in [0.1, 0.15) is 5.76 Å². The van der Waals surface area contributed by atoms with E-state index in [9.17, 15) is 4.79 Å². The molecule has 2 fully saturated rings. The van der Waals surface area contributed by atoms with Gasteiger partial charge >= 0.3 is 6.03 Å². The van der Waals surface area contributed by atoms with Crippen LogP contribution in [0.3, 0.4) is 0 Å². The topological polar surface area (TPSA) is 66.7 Å². The summed E-state index contributed by atoms with van der Waals surface area (Å²) in [6.45, 7) is 4.71. The van der Waals surface area contributed by atoms with Gasteiger partial charge in [0.15, 0.2) is 0 Å². The Labute approximate surface area is 172 Å². The molecule has 0 aliphatic carbocycles. The van der Waals surface area contributed by atoms with Gasteiger partial charge < -0.3 is 19.8 Å². The molecule has 1 aromatic heterocycles. The average Bonchev–Trinajstić information content (AvgIpc) is 3.49. The lowest BCUT2D eigenvalue weighted by Crippen LogP contribution is -2.48. The van der Waals surface area contributed by atoms with Gasteiger partial charge in [0.25, 0.3) is 0 Å². The van der Waals surface area contributed by atoms with E-state index in [1.54, 1.807) is 6.26 Å². The van der Waals surface area contributed by atoms with E-state index < -0.39 is 0 Å². The Balaban J connectivity index is 1.36. The summed E-state index contributed by atoms with van der Waals surface area (Å²) in [5, 5.41) is 6.20. The molecule has 6 heteroatoms. The Morgan fingerprint density at radius 2 is 1.79 bits per heavy atom. The van der Waals surface area contributed by atoms with Crippen LogP contribution in [-0.4, -0.2) is 50.3 Å². The molecule has 2 amide bonds. The number of furan rings is 1. The molecule has 2 aliphatic rings. The van der Waals surface area contributed by atoms with Crippen LogP contribution in [0, 0.1) is 0 Å². The molecule has 0 spiro atoms. The SMILES string of the molecule is O=C(NCC(c1ccco1)N1CCCC1)NCC1(c2ccccc2)CCOCC1. The van der Waals surface area contributed by atoms with Gasteiger partial charge in [-0.2, -0.15) is 0 Å². The van der Waals surface area contributed by atoms with Gasteiger partial charge in [0, 0.05) is 31.7 Å². The van der Waals surface area contributed by atoms with Gasteiger partial charge in [0.2, 0.25) is 0 Å². The predicted molar refractivity (Wildman–Crippen MR) is 112 cm³/mol. The second kappa shape index (κ2) is 9.46. The zero-order valence-corrected chi connectivity index (χ0v) is 16.9. The Morgan fingerprint density at radius 3 is 2.48 bits per heavy atom. The lowest BCUT2D eigenvalue weighted by Gasteiger charge is -2.38. The number of urea groups is 1. The molecular weight excluding hydrogens is 366 g/mol. The highest BCUT2D eigenvalue weighted by molar-refractivity contribution is 5.74. The minimum Gasteiger partial charge on any atom is -0.468 e. The molecule has 0 bridgehead atoms. The van der Waals surface area contributed by atoms with Crippen LogP contribution in [0.4, 0.5) is 4.79 Å². The smallest absolute Gasteiger partial charge is 0.314 e. The number of rotatable bonds is 7. The minimum absolute atomic E-state index is 0.0633. The van der Waals surface area contributed by atoms with Crippen molar-refractivity contribution in [1.29, 1.82) is 0 Å². The number of hydrogen-bond donors (Lipinski definition) is 2. The molecule has 4 rings (SSSR count). The van der Waals surface area contributed by atoms with Crippen molar-refractivity contribution < 1.29 is 13.9 Å². The summed E-state index contributed by atoms with van der Waals surface area (Å²) in [6, 6.07) is 14.3. The normalized spacial score (nSPS) is 20.3. The number of carbonyl (C=O) groups excluding carboxylic acids is 1. The molecule has 2 aliphatic heterocycles. The third kappa shape index (κ3) is 4.82. The Kier molecular flexibility index (Phi) is 6.52. The summed E-state index contributed by atoms with van der Waals surface area (Å²) in [4.78, 5) is 15.0. The quantitative estimate of drug-likeness (QED) is 0.751. The second-order valence-corrected chi connectivity index (χ2v) is 8.10. The van der Waals surface area contributed by atoms with Crippen molar-refractivity contribution in [2.75, 3.05) is 39.4 Å². The van der Waals surface area contributed by atoms with Crippen LogP contribution in [0.15, 0.2) is 53.1 Å². The van der Waals surface area contributed by atoms with E-state index in [1.807, 2.05) is 18.2 Å². The zero-order chi connectivity index (χ0) is 19.9. The summed E-state index contributed by atoms with van der Waals surface area (Å²) in [6.07, 6.45) is 5.93. The molecule has 0 saturated carbocycles. The first kappa shape index (κ1) is 20.0. The molecule has 2 saturated heterocycles. The fourth-order valence-electron chi connectivity index (χ4n) is 4.57. The molecule has 1 unspecified atom stereocenters. The molecule has 1 aromatic carbocycles. The Bertz CT molecular complexity index is 751. The summed E-state index contributed by atoms with van der Waals surface area (Å²) in [5.74, 6) is 0.914. The van der Waals surface area contributed by atoms with Gasteiger partial charge in [-0.3, -0.25) is 4.90 Å². The summed E-state index contributed by atoms with van der Waals surface area (Å²) in [7, 11) is 0. The Hall–Kier alpha value is -2.31. The van der Waals surface area contributed by atoms with Crippen molar-refractivity contribution in [1.82, 2.24) is 15.5 Å². The van der Waals surface area contributed by atoms with Crippen molar-refractivity contribution in [3.05, 3.63) is 60.1 Å². The average molecular weight is 398 g/mol. The first-order valence-electron chi connectivity index (χ1n) is 10.7. The molecule has 2 aromatic rings. The third-order valence-corrected chi connectivity index (χ3v) is 6.33. The fourth-order valence-corrected chi connectivity index (χ4v) is 4.57. The number of carbonyl (C=O) groups is 1. The Morgan fingerprint density at radius 1 is 1.03 bits per heavy atom. The van der Waals surface area contributed by atoms with E-state index in [2.05, 4.69) is 39.8 Å². The molecule has 156 valence electrons. The molecular formula is C23H31N3O3. The standard InChI is InChI=1S/C23H31N3O3/c27-22(24-17-20(21-9-6-14-29-21)26-12-4-5-13-26)25-18-23(10-15-28-16-11-23)19-7-2-1-3-8-19/h1-3,6-9,14,20H,4-5,10-13,15-18H2,(H2,24,25,27). The van der Waals surface area contributed by atoms with Gasteiger partial charge in [-0.05, 0) is 56.5 Å². The van der Waals surface area contributed by atoms with Crippen molar-refractivity contribution in [3.8, 4) is 0 Å². The second-order valence-electron chi connectivity index (χ2n) is 8.10. The van der Waals surface area contributed by atoms with E-state index in [4.69, 9.17) is 9.15 Å². The zero-order valence-electron chi connectivity index (χ0n) is 16.9. The number of amides is 2. The fraction of sp³-hybridized carbons (Fsp3) is 0.522. The maximum Gasteiger partial charge on any atom is 0.314 e. The van der Waals surface area contributed by atoms with E-state index >= 15 is 0 Å². The maximum atomic E-state index is 12.6. The maximum absolute atomic E-state index is 12.6. The van der Waals surface area contributed by atoms with Crippen LogP contribution < -0.4 is 10.6 Å². The highest BCUT2D eigenvalue weighted by Crippen LogP contribution is 2.34. The summed E-state index contributed by atoms with van der Waals surface area (Å²) in [5.41, 5.74) is 1.21. The van der Waals surface area contributed by atoms with Crippen LogP contribution >= 0.6 is 0 Å². The number of hydrogen-bond acceptors (Lipinski definition) is 4. The van der Waals surface area contributed by atoms with Crippen LogP contribution in [0.5, 0.6) is 0 Å². The van der Waals surface area contributed by atoms with Gasteiger partial charge in [-0.15, -0.1) is 0 Å². The number of nitrogens with zero attached hydrogens (tertiary/aromatic N) is 1. The van der Waals surface area contributed by atoms with Crippen LogP contribution in [0.1, 0.15) is 43.0 Å². The van der Waals surface area contributed by atoms with Crippen molar-refractivity contribution in [3.63, 3.8) is 0 Å². The van der Waals surface area contributed by atoms with E-state index in [-0.39, 0.29) is 17.5 Å². The molecule has 1 atom stereocenters. The highest BCUT2D eigenvalue weighted by atomic mass is 16.5. The molecule has 2 N–H and O–H groups in total. The minimum atomic E-state index is -0.123. The lowest BCUT2D eigenvalue weighted by atomic mass is 9.74. The number of ether oxygens (including phenoxy) is 1. The summed E-state index contributed by atoms with van der Waals surface area (Å²) < 4.78 is 11.2. The van der Waals surface area contributed by atoms with Crippen molar-refractivity contribution in [2.45, 2.75) is 37.1 Å². The first-order valence-corrected chi connectivity index (χ1v) is 10.7. The largest absolute Gasteiger partial charge is 0.468 e. The van der Waals surface area contributed by atoms with E-state index in [0.717, 1.165) is 44.9 Å². The van der Waals surface area contributed by atoms with Gasteiger partial charge in [-0.1, -0.05) is 30.3 Å². The molecule has 3 heterocycles. The molecule has 29 heavy (non-hydrogen) atoms. The monoisotopic (exact) mass is 397 g/mol. The van der Waals surface area contributed by atoms with Crippen LogP contribution in [0.2, 0.25) is 0 Å². The first-order chi connectivity index (χ1) is 14.3. The van der Waals surface area contributed by atoms with Gasteiger partial charge in [-0.25, -0.2) is 4.79 Å². The van der Waals surface area contributed by atoms with E-state index in [1.165, 1.54) is 18.4 Å². The number of likely N-dealkylation sites (tertiary alicyclic amines) is 1. The van der Waals surface area contributed by atoms with Crippen molar-refractivity contribution in [2.24, 2.45) is 0 Å². The van der Waals surface area contributed by atoms with Gasteiger partial charge in [0.05, 0.1) is 12.3 Å². The van der Waals surface area contributed by atoms with Crippen molar-refractivity contribution >= 4 is 6.03 Å². The third-order valence-electron chi connectivity index (χ3n) is 6.33. The lowest BCUT2D eigenvalue weighted by molar-refractivity contribution is 0.0506. The van der Waals surface area contributed by atoms with Crippen LogP contribution in [0.25, 0.3) is 0 Å². The number of benzene rings is 1. The highest BCUT2D eigenvalue weighted by Gasteiger charge is 2.35. The predicted octanol–water partition coefficient (Wildman–Crippen LogP) is 3.46. The molecule has 0 radical (unpaired) electrons. The number of nitrogens with one attached hydrogen (secondary N) is 2. The molecule has 6 nitrogen and oxygen atoms in total. The van der Waals surface area contributed by atoms with Crippen LogP contribution in [-0.2, 0) is 10.2 Å².